The Bertz CT molecular complexity index is 813. The van der Waals surface area contributed by atoms with Crippen molar-refractivity contribution in [2.24, 2.45) is 0 Å². The quantitative estimate of drug-likeness (QED) is 0.356. The first-order chi connectivity index (χ1) is 13.5. The van der Waals surface area contributed by atoms with Gasteiger partial charge in [0, 0.05) is 34.3 Å². The SMILES string of the molecule is COC(=O)C1=C(C)NC(CSCCNC=O)=C(C(=O)OC)C1c1ccsc1C. The van der Waals surface area contributed by atoms with Crippen LogP contribution in [0.5, 0.6) is 0 Å². The molecule has 0 saturated heterocycles. The second kappa shape index (κ2) is 10.3. The normalized spacial score (nSPS) is 16.5. The van der Waals surface area contributed by atoms with E-state index < -0.39 is 17.9 Å². The first kappa shape index (κ1) is 22.0. The molecule has 2 N–H and O–H groups in total. The number of thiophene rings is 1. The summed E-state index contributed by atoms with van der Waals surface area (Å²) >= 11 is 3.12. The van der Waals surface area contributed by atoms with Gasteiger partial charge in [-0.15, -0.1) is 11.3 Å². The average Bonchev–Trinajstić information content (AvgIpc) is 3.11. The van der Waals surface area contributed by atoms with Crippen LogP contribution in [0.2, 0.25) is 0 Å². The van der Waals surface area contributed by atoms with E-state index in [-0.39, 0.29) is 0 Å². The predicted octanol–water partition coefficient (Wildman–Crippen LogP) is 2.10. The van der Waals surface area contributed by atoms with Crippen molar-refractivity contribution in [3.8, 4) is 0 Å². The van der Waals surface area contributed by atoms with Gasteiger partial charge in [-0.3, -0.25) is 4.79 Å². The number of nitrogens with one attached hydrogen (secondary N) is 2. The zero-order valence-electron chi connectivity index (χ0n) is 16.3. The van der Waals surface area contributed by atoms with Crippen molar-refractivity contribution in [2.45, 2.75) is 19.8 Å². The summed E-state index contributed by atoms with van der Waals surface area (Å²) in [4.78, 5) is 36.7. The van der Waals surface area contributed by atoms with Gasteiger partial charge in [-0.25, -0.2) is 9.59 Å². The molecule has 28 heavy (non-hydrogen) atoms. The number of ether oxygens (including phenoxy) is 2. The van der Waals surface area contributed by atoms with Crippen LogP contribution in [0.25, 0.3) is 0 Å². The number of carbonyl (C=O) groups excluding carboxylic acids is 3. The number of rotatable bonds is 9. The van der Waals surface area contributed by atoms with E-state index in [1.807, 2.05) is 18.4 Å². The summed E-state index contributed by atoms with van der Waals surface area (Å²) in [5.41, 5.74) is 3.05. The Morgan fingerprint density at radius 1 is 1.25 bits per heavy atom. The fourth-order valence-corrected chi connectivity index (χ4v) is 4.69. The van der Waals surface area contributed by atoms with E-state index in [1.54, 1.807) is 30.0 Å². The van der Waals surface area contributed by atoms with Gasteiger partial charge < -0.3 is 20.1 Å². The molecule has 1 aromatic rings. The molecule has 0 radical (unpaired) electrons. The Hall–Kier alpha value is -2.26. The maximum Gasteiger partial charge on any atom is 0.336 e. The highest BCUT2D eigenvalue weighted by atomic mass is 32.2. The lowest BCUT2D eigenvalue weighted by Crippen LogP contribution is -2.34. The minimum absolute atomic E-state index is 0.403. The number of hydrogen-bond donors (Lipinski definition) is 2. The van der Waals surface area contributed by atoms with Crippen molar-refractivity contribution in [1.82, 2.24) is 10.6 Å². The highest BCUT2D eigenvalue weighted by Crippen LogP contribution is 2.42. The molecular formula is C19H24N2O5S2. The number of carbonyl (C=O) groups is 3. The maximum absolute atomic E-state index is 12.7. The summed E-state index contributed by atoms with van der Waals surface area (Å²) in [6, 6.07) is 1.92. The van der Waals surface area contributed by atoms with Crippen molar-refractivity contribution in [2.75, 3.05) is 32.3 Å². The predicted molar refractivity (Wildman–Crippen MR) is 110 cm³/mol. The van der Waals surface area contributed by atoms with E-state index in [1.165, 1.54) is 14.2 Å². The molecule has 2 heterocycles. The summed E-state index contributed by atoms with van der Waals surface area (Å²) in [5.74, 6) is -0.331. The average molecular weight is 425 g/mol. The van der Waals surface area contributed by atoms with Crippen molar-refractivity contribution in [1.29, 1.82) is 0 Å². The zero-order valence-corrected chi connectivity index (χ0v) is 17.9. The molecule has 0 aromatic carbocycles. The Morgan fingerprint density at radius 3 is 2.50 bits per heavy atom. The molecule has 0 fully saturated rings. The molecule has 1 atom stereocenters. The van der Waals surface area contributed by atoms with Crippen LogP contribution >= 0.6 is 23.1 Å². The summed E-state index contributed by atoms with van der Waals surface area (Å²) < 4.78 is 10.0. The molecule has 0 saturated carbocycles. The third-order valence-electron chi connectivity index (χ3n) is 4.39. The van der Waals surface area contributed by atoms with E-state index in [4.69, 9.17) is 9.47 Å². The monoisotopic (exact) mass is 424 g/mol. The third kappa shape index (κ3) is 4.77. The number of allylic oxidation sites excluding steroid dienone is 1. The molecule has 7 nitrogen and oxygen atoms in total. The van der Waals surface area contributed by atoms with Crippen LogP contribution in [0.4, 0.5) is 0 Å². The number of esters is 2. The summed E-state index contributed by atoms with van der Waals surface area (Å²) in [7, 11) is 2.65. The Morgan fingerprint density at radius 2 is 1.93 bits per heavy atom. The largest absolute Gasteiger partial charge is 0.466 e. The molecule has 9 heteroatoms. The Labute approximate surface area is 172 Å². The van der Waals surface area contributed by atoms with E-state index in [0.29, 0.717) is 47.0 Å². The topological polar surface area (TPSA) is 93.7 Å². The molecule has 1 aliphatic heterocycles. The first-order valence-electron chi connectivity index (χ1n) is 8.62. The fourth-order valence-electron chi connectivity index (χ4n) is 3.11. The van der Waals surface area contributed by atoms with E-state index >= 15 is 0 Å². The molecule has 0 aliphatic carbocycles. The van der Waals surface area contributed by atoms with E-state index in [9.17, 15) is 14.4 Å². The van der Waals surface area contributed by atoms with Crippen molar-refractivity contribution < 1.29 is 23.9 Å². The molecule has 0 spiro atoms. The highest BCUT2D eigenvalue weighted by Gasteiger charge is 2.39. The van der Waals surface area contributed by atoms with Gasteiger partial charge in [0.05, 0.1) is 31.3 Å². The fraction of sp³-hybridized carbons (Fsp3) is 0.421. The molecule has 0 bridgehead atoms. The minimum Gasteiger partial charge on any atom is -0.466 e. The van der Waals surface area contributed by atoms with Crippen molar-refractivity contribution >= 4 is 41.4 Å². The number of hydrogen-bond acceptors (Lipinski definition) is 8. The van der Waals surface area contributed by atoms with Gasteiger partial charge in [-0.1, -0.05) is 0 Å². The van der Waals surface area contributed by atoms with Crippen molar-refractivity contribution in [3.63, 3.8) is 0 Å². The molecule has 1 aliphatic rings. The minimum atomic E-state index is -0.559. The second-order valence-electron chi connectivity index (χ2n) is 6.03. The molecule has 1 amide bonds. The number of methoxy groups -OCH3 is 2. The van der Waals surface area contributed by atoms with Gasteiger partial charge in [0.2, 0.25) is 6.41 Å². The summed E-state index contributed by atoms with van der Waals surface area (Å²) in [6.07, 6.45) is 0.656. The van der Waals surface area contributed by atoms with Gasteiger partial charge >= 0.3 is 11.9 Å². The number of dihydropyridines is 1. The molecule has 1 unspecified atom stereocenters. The lowest BCUT2D eigenvalue weighted by molar-refractivity contribution is -0.137. The Kier molecular flexibility index (Phi) is 8.13. The van der Waals surface area contributed by atoms with E-state index in [0.717, 1.165) is 10.4 Å². The lowest BCUT2D eigenvalue weighted by atomic mass is 9.80. The van der Waals surface area contributed by atoms with Crippen LogP contribution < -0.4 is 10.6 Å². The van der Waals surface area contributed by atoms with Gasteiger partial charge in [-0.2, -0.15) is 11.8 Å². The molecule has 152 valence electrons. The number of thioether (sulfide) groups is 1. The Balaban J connectivity index is 2.50. The number of aryl methyl sites for hydroxylation is 1. The second-order valence-corrected chi connectivity index (χ2v) is 8.25. The molecular weight excluding hydrogens is 400 g/mol. The smallest absolute Gasteiger partial charge is 0.336 e. The number of amides is 1. The van der Waals surface area contributed by atoms with Gasteiger partial charge in [-0.05, 0) is 30.9 Å². The standard InChI is InChI=1S/C19H24N2O5S2/c1-11-15(18(23)25-3)16(13-5-7-28-12(13)2)17(19(24)26-4)14(21-11)9-27-8-6-20-10-22/h5,7,10,16,21H,6,8-9H2,1-4H3,(H,20,22). The van der Waals surface area contributed by atoms with Crippen LogP contribution in [0, 0.1) is 6.92 Å². The van der Waals surface area contributed by atoms with Crippen LogP contribution in [-0.2, 0) is 23.9 Å². The molecule has 2 rings (SSSR count). The first-order valence-corrected chi connectivity index (χ1v) is 10.7. The van der Waals surface area contributed by atoms with Gasteiger partial charge in [0.25, 0.3) is 0 Å². The van der Waals surface area contributed by atoms with Crippen molar-refractivity contribution in [3.05, 3.63) is 44.4 Å². The van der Waals surface area contributed by atoms with Crippen LogP contribution in [0.1, 0.15) is 23.3 Å². The highest BCUT2D eigenvalue weighted by molar-refractivity contribution is 7.99. The maximum atomic E-state index is 12.7. The van der Waals surface area contributed by atoms with E-state index in [2.05, 4.69) is 10.6 Å². The van der Waals surface area contributed by atoms with Crippen LogP contribution in [-0.4, -0.2) is 50.6 Å². The van der Waals surface area contributed by atoms with Crippen LogP contribution in [0.3, 0.4) is 0 Å². The van der Waals surface area contributed by atoms with Gasteiger partial charge in [0.1, 0.15) is 0 Å². The lowest BCUT2D eigenvalue weighted by Gasteiger charge is -2.31. The molecule has 1 aromatic heterocycles. The summed E-state index contributed by atoms with van der Waals surface area (Å²) in [6.45, 7) is 4.29. The van der Waals surface area contributed by atoms with Gasteiger partial charge in [0.15, 0.2) is 0 Å². The zero-order chi connectivity index (χ0) is 20.7. The van der Waals surface area contributed by atoms with Crippen LogP contribution in [0.15, 0.2) is 34.0 Å². The summed E-state index contributed by atoms with van der Waals surface area (Å²) in [5, 5.41) is 7.74. The third-order valence-corrected chi connectivity index (χ3v) is 6.23.